The number of nitrogens with one attached hydrogen (secondary N) is 2. The zero-order valence-electron chi connectivity index (χ0n) is 14.2. The zero-order chi connectivity index (χ0) is 17.3. The van der Waals surface area contributed by atoms with E-state index < -0.39 is 0 Å². The van der Waals surface area contributed by atoms with E-state index in [0.29, 0.717) is 19.8 Å². The van der Waals surface area contributed by atoms with Gasteiger partial charge in [-0.05, 0) is 24.0 Å². The Morgan fingerprint density at radius 3 is 2.20 bits per heavy atom. The highest BCUT2D eigenvalue weighted by Crippen LogP contribution is 2.11. The third-order valence-electron chi connectivity index (χ3n) is 4.25. The summed E-state index contributed by atoms with van der Waals surface area (Å²) in [5.74, 6) is -0.187. The predicted octanol–water partition coefficient (Wildman–Crippen LogP) is 2.57. The summed E-state index contributed by atoms with van der Waals surface area (Å²) in [6, 6.07) is 19.7. The summed E-state index contributed by atoms with van der Waals surface area (Å²) in [6.07, 6.45) is 1.60. The monoisotopic (exact) mass is 340 g/mol. The van der Waals surface area contributed by atoms with Crippen LogP contribution in [0.1, 0.15) is 24.0 Å². The standard InChI is InChI=1S/C20H24N2O3/c23-20(24-14-16-7-3-1-4-8-16)19-12-11-18(13-21-19)22-25-15-17-9-5-2-6-10-17/h1-10,18-19,21-22H,11-15H2/t18-,19-/m0/s1. The van der Waals surface area contributed by atoms with Crippen molar-refractivity contribution in [3.63, 3.8) is 0 Å². The van der Waals surface area contributed by atoms with Gasteiger partial charge < -0.3 is 10.1 Å². The lowest BCUT2D eigenvalue weighted by molar-refractivity contribution is -0.148. The largest absolute Gasteiger partial charge is 0.460 e. The van der Waals surface area contributed by atoms with Crippen molar-refractivity contribution < 1.29 is 14.4 Å². The first kappa shape index (κ1) is 17.6. The van der Waals surface area contributed by atoms with Crippen LogP contribution in [0.15, 0.2) is 60.7 Å². The summed E-state index contributed by atoms with van der Waals surface area (Å²) < 4.78 is 5.39. The smallest absolute Gasteiger partial charge is 0.323 e. The molecule has 0 amide bonds. The maximum Gasteiger partial charge on any atom is 0.323 e. The van der Waals surface area contributed by atoms with Gasteiger partial charge in [-0.3, -0.25) is 9.63 Å². The Bertz CT molecular complexity index is 641. The number of carbonyl (C=O) groups is 1. The fourth-order valence-corrected chi connectivity index (χ4v) is 2.80. The van der Waals surface area contributed by atoms with Gasteiger partial charge in [0, 0.05) is 12.6 Å². The second-order valence-electron chi connectivity index (χ2n) is 6.22. The van der Waals surface area contributed by atoms with Crippen LogP contribution in [0.3, 0.4) is 0 Å². The topological polar surface area (TPSA) is 59.6 Å². The lowest BCUT2D eigenvalue weighted by atomic mass is 10.0. The first-order valence-electron chi connectivity index (χ1n) is 8.66. The molecule has 25 heavy (non-hydrogen) atoms. The normalized spacial score (nSPS) is 20.2. The predicted molar refractivity (Wildman–Crippen MR) is 95.4 cm³/mol. The van der Waals surface area contributed by atoms with Gasteiger partial charge in [0.1, 0.15) is 12.6 Å². The number of carbonyl (C=O) groups excluding carboxylic acids is 1. The highest BCUT2D eigenvalue weighted by Gasteiger charge is 2.26. The second-order valence-corrected chi connectivity index (χ2v) is 6.22. The molecule has 0 aliphatic carbocycles. The zero-order valence-corrected chi connectivity index (χ0v) is 14.2. The van der Waals surface area contributed by atoms with Crippen LogP contribution in [0, 0.1) is 0 Å². The van der Waals surface area contributed by atoms with Crippen molar-refractivity contribution in [3.05, 3.63) is 71.8 Å². The first-order valence-corrected chi connectivity index (χ1v) is 8.66. The van der Waals surface area contributed by atoms with Crippen LogP contribution in [0.5, 0.6) is 0 Å². The van der Waals surface area contributed by atoms with Crippen molar-refractivity contribution >= 4 is 5.97 Å². The molecule has 1 fully saturated rings. The molecule has 5 nitrogen and oxygen atoms in total. The molecule has 1 aliphatic heterocycles. The summed E-state index contributed by atoms with van der Waals surface area (Å²) in [4.78, 5) is 17.7. The van der Waals surface area contributed by atoms with E-state index in [2.05, 4.69) is 10.8 Å². The third kappa shape index (κ3) is 5.67. The maximum atomic E-state index is 12.1. The number of esters is 1. The van der Waals surface area contributed by atoms with Gasteiger partial charge in [0.15, 0.2) is 0 Å². The lowest BCUT2D eigenvalue weighted by Crippen LogP contribution is -2.51. The summed E-state index contributed by atoms with van der Waals surface area (Å²) in [7, 11) is 0. The maximum absolute atomic E-state index is 12.1. The van der Waals surface area contributed by atoms with Gasteiger partial charge in [0.05, 0.1) is 6.61 Å². The van der Waals surface area contributed by atoms with Gasteiger partial charge >= 0.3 is 5.97 Å². The van der Waals surface area contributed by atoms with Crippen LogP contribution in [-0.2, 0) is 27.6 Å². The molecule has 0 aromatic heterocycles. The van der Waals surface area contributed by atoms with Gasteiger partial charge in [0.25, 0.3) is 0 Å². The molecule has 2 N–H and O–H groups in total. The minimum absolute atomic E-state index is 0.187. The molecule has 1 saturated heterocycles. The molecule has 0 radical (unpaired) electrons. The fraction of sp³-hybridized carbons (Fsp3) is 0.350. The Kier molecular flexibility index (Phi) is 6.56. The molecule has 0 saturated carbocycles. The van der Waals surface area contributed by atoms with E-state index in [1.807, 2.05) is 60.7 Å². The Balaban J connectivity index is 1.33. The SMILES string of the molecule is O=C(OCc1ccccc1)[C@@H]1CC[C@H](NOCc2ccccc2)CN1. The van der Waals surface area contributed by atoms with Gasteiger partial charge in [-0.1, -0.05) is 60.7 Å². The minimum atomic E-state index is -0.240. The lowest BCUT2D eigenvalue weighted by Gasteiger charge is -2.28. The van der Waals surface area contributed by atoms with Crippen LogP contribution in [0.25, 0.3) is 0 Å². The molecular formula is C20H24N2O3. The molecule has 3 rings (SSSR count). The minimum Gasteiger partial charge on any atom is -0.460 e. The van der Waals surface area contributed by atoms with E-state index in [1.54, 1.807) is 0 Å². The number of hydrogen-bond acceptors (Lipinski definition) is 5. The number of hydrogen-bond donors (Lipinski definition) is 2. The van der Waals surface area contributed by atoms with E-state index in [-0.39, 0.29) is 18.1 Å². The molecule has 132 valence electrons. The molecule has 2 aromatic rings. The Morgan fingerprint density at radius 2 is 1.60 bits per heavy atom. The summed E-state index contributed by atoms with van der Waals surface area (Å²) in [5, 5.41) is 3.24. The van der Waals surface area contributed by atoms with Crippen LogP contribution >= 0.6 is 0 Å². The van der Waals surface area contributed by atoms with Crippen LogP contribution in [0.4, 0.5) is 0 Å². The molecule has 2 atom stereocenters. The van der Waals surface area contributed by atoms with Crippen molar-refractivity contribution in [1.29, 1.82) is 0 Å². The first-order chi connectivity index (χ1) is 12.3. The Morgan fingerprint density at radius 1 is 0.960 bits per heavy atom. The molecular weight excluding hydrogens is 316 g/mol. The fourth-order valence-electron chi connectivity index (χ4n) is 2.80. The van der Waals surface area contributed by atoms with Gasteiger partial charge in [-0.15, -0.1) is 0 Å². The molecule has 0 bridgehead atoms. The van der Waals surface area contributed by atoms with Gasteiger partial charge in [-0.25, -0.2) is 0 Å². The number of benzene rings is 2. The quantitative estimate of drug-likeness (QED) is 0.599. The number of piperidine rings is 1. The van der Waals surface area contributed by atoms with E-state index in [4.69, 9.17) is 9.57 Å². The van der Waals surface area contributed by atoms with E-state index in [1.165, 1.54) is 0 Å². The number of rotatable bonds is 7. The van der Waals surface area contributed by atoms with E-state index in [9.17, 15) is 4.79 Å². The average molecular weight is 340 g/mol. The molecule has 0 spiro atoms. The highest BCUT2D eigenvalue weighted by molar-refractivity contribution is 5.75. The third-order valence-corrected chi connectivity index (χ3v) is 4.25. The van der Waals surface area contributed by atoms with Crippen LogP contribution < -0.4 is 10.8 Å². The van der Waals surface area contributed by atoms with E-state index in [0.717, 1.165) is 24.0 Å². The van der Waals surface area contributed by atoms with Gasteiger partial charge in [-0.2, -0.15) is 5.48 Å². The van der Waals surface area contributed by atoms with Crippen molar-refractivity contribution in [2.75, 3.05) is 6.54 Å². The highest BCUT2D eigenvalue weighted by atomic mass is 16.6. The van der Waals surface area contributed by atoms with E-state index >= 15 is 0 Å². The Hall–Kier alpha value is -2.21. The summed E-state index contributed by atoms with van der Waals surface area (Å²) in [6.45, 7) is 1.53. The molecule has 1 heterocycles. The molecule has 1 aliphatic rings. The van der Waals surface area contributed by atoms with Crippen LogP contribution in [0.2, 0.25) is 0 Å². The molecule has 2 aromatic carbocycles. The van der Waals surface area contributed by atoms with Crippen molar-refractivity contribution in [1.82, 2.24) is 10.8 Å². The van der Waals surface area contributed by atoms with Crippen molar-refractivity contribution in [2.24, 2.45) is 0 Å². The van der Waals surface area contributed by atoms with Crippen molar-refractivity contribution in [3.8, 4) is 0 Å². The second kappa shape index (κ2) is 9.32. The molecule has 0 unspecified atom stereocenters. The van der Waals surface area contributed by atoms with Crippen molar-refractivity contribution in [2.45, 2.75) is 38.1 Å². The number of hydroxylamine groups is 1. The number of ether oxygens (including phenoxy) is 1. The van der Waals surface area contributed by atoms with Crippen LogP contribution in [-0.4, -0.2) is 24.6 Å². The Labute approximate surface area is 148 Å². The summed E-state index contributed by atoms with van der Waals surface area (Å²) in [5.41, 5.74) is 5.20. The van der Waals surface area contributed by atoms with Gasteiger partial charge in [0.2, 0.25) is 0 Å². The summed E-state index contributed by atoms with van der Waals surface area (Å²) >= 11 is 0. The molecule has 5 heteroatoms. The average Bonchev–Trinajstić information content (AvgIpc) is 2.68.